The molecule has 1 aromatic rings. The summed E-state index contributed by atoms with van der Waals surface area (Å²) in [6, 6.07) is 1.53. The molecule has 1 aromatic carbocycles. The predicted octanol–water partition coefficient (Wildman–Crippen LogP) is 4.95. The Balaban J connectivity index is 2.79. The molecule has 0 saturated heterocycles. The minimum atomic E-state index is -4.52. The van der Waals surface area contributed by atoms with Gasteiger partial charge in [0.25, 0.3) is 0 Å². The summed E-state index contributed by atoms with van der Waals surface area (Å²) in [7, 11) is 0. The van der Waals surface area contributed by atoms with E-state index in [0.717, 1.165) is 12.1 Å². The molecule has 0 heterocycles. The summed E-state index contributed by atoms with van der Waals surface area (Å²) >= 11 is 12.7. The van der Waals surface area contributed by atoms with Crippen LogP contribution in [0.1, 0.15) is 12.5 Å². The monoisotopic (exact) mass is 359 g/mol. The minimum Gasteiger partial charge on any atom is -0.411 e. The maximum absolute atomic E-state index is 12.5. The molecule has 4 nitrogen and oxygen atoms in total. The molecule has 0 saturated carbocycles. The highest BCUT2D eigenvalue weighted by Crippen LogP contribution is 2.38. The van der Waals surface area contributed by atoms with Crippen LogP contribution in [0.3, 0.4) is 0 Å². The van der Waals surface area contributed by atoms with Crippen molar-refractivity contribution in [1.29, 1.82) is 0 Å². The Morgan fingerprint density at radius 1 is 1.33 bits per heavy atom. The SMILES string of the molecule is CC(/C=N/O)S/C=N/Nc1c(Cl)cc(C(F)(F)F)cc1Cl. The second-order valence-corrected chi connectivity index (χ2v) is 5.81. The van der Waals surface area contributed by atoms with Gasteiger partial charge in [-0.3, -0.25) is 5.43 Å². The maximum Gasteiger partial charge on any atom is 0.416 e. The van der Waals surface area contributed by atoms with Gasteiger partial charge in [-0.2, -0.15) is 18.3 Å². The Kier molecular flexibility index (Phi) is 6.63. The van der Waals surface area contributed by atoms with E-state index < -0.39 is 11.7 Å². The summed E-state index contributed by atoms with van der Waals surface area (Å²) in [5.41, 5.74) is 2.99. The van der Waals surface area contributed by atoms with Gasteiger partial charge < -0.3 is 5.21 Å². The molecule has 0 aliphatic heterocycles. The number of rotatable bonds is 5. The fraction of sp³-hybridized carbons (Fsp3) is 0.273. The van der Waals surface area contributed by atoms with E-state index in [9.17, 15) is 13.2 Å². The van der Waals surface area contributed by atoms with Crippen molar-refractivity contribution in [2.24, 2.45) is 10.3 Å². The van der Waals surface area contributed by atoms with Crippen LogP contribution in [0.5, 0.6) is 0 Å². The Morgan fingerprint density at radius 2 is 1.90 bits per heavy atom. The lowest BCUT2D eigenvalue weighted by molar-refractivity contribution is -0.137. The third kappa shape index (κ3) is 5.64. The number of thioether (sulfide) groups is 1. The van der Waals surface area contributed by atoms with Gasteiger partial charge in [-0.25, -0.2) is 0 Å². The van der Waals surface area contributed by atoms with E-state index in [1.807, 2.05) is 0 Å². The Labute approximate surface area is 133 Å². The molecule has 0 aliphatic rings. The first-order valence-corrected chi connectivity index (χ1v) is 7.12. The van der Waals surface area contributed by atoms with E-state index >= 15 is 0 Å². The Morgan fingerprint density at radius 3 is 2.38 bits per heavy atom. The lowest BCUT2D eigenvalue weighted by Gasteiger charge is -2.11. The van der Waals surface area contributed by atoms with Crippen LogP contribution in [0, 0.1) is 0 Å². The third-order valence-corrected chi connectivity index (χ3v) is 3.52. The van der Waals surface area contributed by atoms with E-state index in [2.05, 4.69) is 15.7 Å². The average Bonchev–Trinajstić information content (AvgIpc) is 2.36. The molecule has 0 fully saturated rings. The van der Waals surface area contributed by atoms with Crippen molar-refractivity contribution in [2.75, 3.05) is 5.43 Å². The largest absolute Gasteiger partial charge is 0.416 e. The van der Waals surface area contributed by atoms with Crippen molar-refractivity contribution in [3.05, 3.63) is 27.7 Å². The molecule has 1 unspecified atom stereocenters. The second-order valence-electron chi connectivity index (χ2n) is 3.76. The summed E-state index contributed by atoms with van der Waals surface area (Å²) in [6.07, 6.45) is -3.24. The molecular formula is C11H10Cl2F3N3OS. The van der Waals surface area contributed by atoms with Crippen LogP contribution in [-0.4, -0.2) is 22.2 Å². The third-order valence-electron chi connectivity index (χ3n) is 2.15. The van der Waals surface area contributed by atoms with Gasteiger partial charge in [0.1, 0.15) is 0 Å². The highest BCUT2D eigenvalue weighted by atomic mass is 35.5. The minimum absolute atomic E-state index is 0.0756. The summed E-state index contributed by atoms with van der Waals surface area (Å²) in [5.74, 6) is 0. The molecule has 1 rings (SSSR count). The number of nitrogens with one attached hydrogen (secondary N) is 1. The molecule has 0 amide bonds. The van der Waals surface area contributed by atoms with E-state index in [1.54, 1.807) is 6.92 Å². The zero-order valence-corrected chi connectivity index (χ0v) is 12.9. The molecule has 0 aliphatic carbocycles. The molecule has 0 bridgehead atoms. The smallest absolute Gasteiger partial charge is 0.411 e. The fourth-order valence-corrected chi connectivity index (χ4v) is 2.19. The number of alkyl halides is 3. The van der Waals surface area contributed by atoms with Crippen LogP contribution in [0.4, 0.5) is 18.9 Å². The van der Waals surface area contributed by atoms with Gasteiger partial charge in [0, 0.05) is 5.25 Å². The van der Waals surface area contributed by atoms with Crippen LogP contribution in [0.25, 0.3) is 0 Å². The van der Waals surface area contributed by atoms with E-state index in [4.69, 9.17) is 28.4 Å². The molecular weight excluding hydrogens is 350 g/mol. The molecule has 1 atom stereocenters. The lowest BCUT2D eigenvalue weighted by atomic mass is 10.2. The first-order valence-electron chi connectivity index (χ1n) is 5.42. The van der Waals surface area contributed by atoms with Crippen LogP contribution in [0.15, 0.2) is 22.4 Å². The molecule has 10 heteroatoms. The number of halogens is 5. The number of hydrazone groups is 1. The molecule has 2 N–H and O–H groups in total. The average molecular weight is 360 g/mol. The van der Waals surface area contributed by atoms with Crippen LogP contribution < -0.4 is 5.43 Å². The van der Waals surface area contributed by atoms with Crippen LogP contribution >= 0.6 is 35.0 Å². The van der Waals surface area contributed by atoms with E-state index in [1.165, 1.54) is 23.5 Å². The standard InChI is InChI=1S/C11H10Cl2F3N3OS/c1-6(4-18-20)21-5-17-19-10-8(12)2-7(3-9(10)13)11(14,15)16/h2-6,19-20H,1H3/b17-5+,18-4+. The number of oxime groups is 1. The van der Waals surface area contributed by atoms with Crippen LogP contribution in [0.2, 0.25) is 10.0 Å². The van der Waals surface area contributed by atoms with Gasteiger partial charge in [0.05, 0.1) is 33.1 Å². The van der Waals surface area contributed by atoms with Gasteiger partial charge in [0.2, 0.25) is 0 Å². The van der Waals surface area contributed by atoms with Crippen molar-refractivity contribution < 1.29 is 18.4 Å². The number of nitrogens with zero attached hydrogens (tertiary/aromatic N) is 2. The number of hydrogen-bond donors (Lipinski definition) is 2. The Bertz CT molecular complexity index is 529. The zero-order valence-electron chi connectivity index (χ0n) is 10.5. The zero-order chi connectivity index (χ0) is 16.0. The second kappa shape index (κ2) is 7.77. The number of benzene rings is 1. The predicted molar refractivity (Wildman–Crippen MR) is 80.9 cm³/mol. The van der Waals surface area contributed by atoms with Gasteiger partial charge in [-0.05, 0) is 19.1 Å². The van der Waals surface area contributed by atoms with Gasteiger partial charge in [-0.1, -0.05) is 23.2 Å². The van der Waals surface area contributed by atoms with Crippen molar-refractivity contribution in [2.45, 2.75) is 18.3 Å². The summed E-state index contributed by atoms with van der Waals surface area (Å²) in [5, 5.41) is 14.4. The van der Waals surface area contributed by atoms with E-state index in [-0.39, 0.29) is 21.0 Å². The Hall–Kier alpha value is -1.12. The molecule has 116 valence electrons. The first-order chi connectivity index (χ1) is 9.75. The number of anilines is 1. The maximum atomic E-state index is 12.5. The lowest BCUT2D eigenvalue weighted by Crippen LogP contribution is -2.05. The van der Waals surface area contributed by atoms with Gasteiger partial charge in [-0.15, -0.1) is 16.9 Å². The van der Waals surface area contributed by atoms with Gasteiger partial charge in [0.15, 0.2) is 0 Å². The fourth-order valence-electron chi connectivity index (χ4n) is 1.19. The van der Waals surface area contributed by atoms with Crippen LogP contribution in [-0.2, 0) is 6.18 Å². The molecule has 0 radical (unpaired) electrons. The van der Waals surface area contributed by atoms with Gasteiger partial charge >= 0.3 is 6.18 Å². The summed E-state index contributed by atoms with van der Waals surface area (Å²) in [6.45, 7) is 1.76. The highest BCUT2D eigenvalue weighted by molar-refractivity contribution is 8.13. The van der Waals surface area contributed by atoms with E-state index in [0.29, 0.717) is 0 Å². The van der Waals surface area contributed by atoms with Crippen molar-refractivity contribution >= 4 is 52.4 Å². The highest BCUT2D eigenvalue weighted by Gasteiger charge is 2.32. The molecule has 21 heavy (non-hydrogen) atoms. The molecule has 0 aromatic heterocycles. The van der Waals surface area contributed by atoms with Crippen molar-refractivity contribution in [3.63, 3.8) is 0 Å². The molecule has 0 spiro atoms. The quantitative estimate of drug-likeness (QED) is 0.338. The summed E-state index contributed by atoms with van der Waals surface area (Å²) < 4.78 is 37.6. The first kappa shape index (κ1) is 17.9. The normalized spacial score (nSPS) is 14.0. The number of hydrogen-bond acceptors (Lipinski definition) is 5. The topological polar surface area (TPSA) is 57.0 Å². The summed E-state index contributed by atoms with van der Waals surface area (Å²) in [4.78, 5) is 0. The van der Waals surface area contributed by atoms with Crippen molar-refractivity contribution in [1.82, 2.24) is 0 Å². The van der Waals surface area contributed by atoms with Crippen molar-refractivity contribution in [3.8, 4) is 0 Å².